The zero-order valence-electron chi connectivity index (χ0n) is 15.8. The number of carbonyl (C=O) groups is 1. The molecule has 0 unspecified atom stereocenters. The fraction of sp³-hybridized carbons (Fsp3) is 0.318. The van der Waals surface area contributed by atoms with Crippen molar-refractivity contribution < 1.29 is 18.7 Å². The van der Waals surface area contributed by atoms with Gasteiger partial charge < -0.3 is 19.2 Å². The number of rotatable bonds is 4. The minimum absolute atomic E-state index is 0.0963. The lowest BCUT2D eigenvalue weighted by Gasteiger charge is -2.19. The zero-order chi connectivity index (χ0) is 19.0. The first kappa shape index (κ1) is 17.5. The molecule has 0 aliphatic carbocycles. The summed E-state index contributed by atoms with van der Waals surface area (Å²) in [7, 11) is 0. The molecule has 0 bridgehead atoms. The minimum Gasteiger partial charge on any atom is -0.486 e. The molecule has 4 rings (SSSR count). The molecule has 0 saturated heterocycles. The standard InChI is InChI=1S/C22H23NO4/c1-13(2)17-11-18-15(12-27-20(18)8-14(17)3)9-22(24)23-16-4-5-19-21(10-16)26-7-6-25-19/h4-5,8,10-13H,6-7,9H2,1-3H3,(H,23,24). The van der Waals surface area contributed by atoms with Gasteiger partial charge in [-0.25, -0.2) is 0 Å². The lowest BCUT2D eigenvalue weighted by atomic mass is 9.95. The molecule has 1 amide bonds. The van der Waals surface area contributed by atoms with Gasteiger partial charge in [0, 0.05) is 22.7 Å². The molecule has 5 nitrogen and oxygen atoms in total. The average molecular weight is 365 g/mol. The SMILES string of the molecule is Cc1cc2occ(CC(=O)Nc3ccc4c(c3)OCCO4)c2cc1C(C)C. The summed E-state index contributed by atoms with van der Waals surface area (Å²) in [5.74, 6) is 1.69. The molecule has 2 heterocycles. The molecule has 3 aromatic rings. The molecule has 0 spiro atoms. The zero-order valence-corrected chi connectivity index (χ0v) is 15.8. The van der Waals surface area contributed by atoms with Crippen LogP contribution < -0.4 is 14.8 Å². The van der Waals surface area contributed by atoms with E-state index in [1.54, 1.807) is 12.3 Å². The summed E-state index contributed by atoms with van der Waals surface area (Å²) >= 11 is 0. The van der Waals surface area contributed by atoms with Gasteiger partial charge in [0.2, 0.25) is 5.91 Å². The molecule has 0 radical (unpaired) electrons. The normalized spacial score (nSPS) is 13.2. The first-order valence-electron chi connectivity index (χ1n) is 9.21. The molecule has 1 aliphatic rings. The van der Waals surface area contributed by atoms with Crippen LogP contribution in [0.3, 0.4) is 0 Å². The molecular formula is C22H23NO4. The number of nitrogens with one attached hydrogen (secondary N) is 1. The number of amides is 1. The van der Waals surface area contributed by atoms with Crippen molar-refractivity contribution in [1.82, 2.24) is 0 Å². The van der Waals surface area contributed by atoms with Crippen molar-refractivity contribution in [3.05, 3.63) is 53.3 Å². The highest BCUT2D eigenvalue weighted by atomic mass is 16.6. The van der Waals surface area contributed by atoms with Crippen LogP contribution in [0.5, 0.6) is 11.5 Å². The summed E-state index contributed by atoms with van der Waals surface area (Å²) in [4.78, 5) is 12.6. The van der Waals surface area contributed by atoms with Crippen molar-refractivity contribution in [2.45, 2.75) is 33.1 Å². The van der Waals surface area contributed by atoms with E-state index in [1.165, 1.54) is 11.1 Å². The van der Waals surface area contributed by atoms with E-state index in [-0.39, 0.29) is 12.3 Å². The Labute approximate surface area is 158 Å². The largest absolute Gasteiger partial charge is 0.486 e. The highest BCUT2D eigenvalue weighted by Gasteiger charge is 2.16. The van der Waals surface area contributed by atoms with Gasteiger partial charge >= 0.3 is 0 Å². The number of anilines is 1. The third kappa shape index (κ3) is 3.50. The van der Waals surface area contributed by atoms with E-state index >= 15 is 0 Å². The summed E-state index contributed by atoms with van der Waals surface area (Å²) in [6.45, 7) is 7.49. The Balaban J connectivity index is 1.53. The number of carbonyl (C=O) groups excluding carboxylic acids is 1. The number of ether oxygens (including phenoxy) is 2. The van der Waals surface area contributed by atoms with Crippen LogP contribution in [0.1, 0.15) is 36.5 Å². The number of furan rings is 1. The highest BCUT2D eigenvalue weighted by Crippen LogP contribution is 2.33. The quantitative estimate of drug-likeness (QED) is 0.720. The van der Waals surface area contributed by atoms with E-state index < -0.39 is 0 Å². The number of hydrogen-bond acceptors (Lipinski definition) is 4. The molecule has 2 aromatic carbocycles. The van der Waals surface area contributed by atoms with E-state index in [2.05, 4.69) is 32.2 Å². The van der Waals surface area contributed by atoms with Gasteiger partial charge in [0.15, 0.2) is 11.5 Å². The molecule has 0 atom stereocenters. The highest BCUT2D eigenvalue weighted by molar-refractivity contribution is 5.95. The maximum atomic E-state index is 12.6. The fourth-order valence-electron chi connectivity index (χ4n) is 3.50. The van der Waals surface area contributed by atoms with Crippen molar-refractivity contribution in [1.29, 1.82) is 0 Å². The van der Waals surface area contributed by atoms with Gasteiger partial charge in [0.05, 0.1) is 12.7 Å². The summed E-state index contributed by atoms with van der Waals surface area (Å²) in [5, 5.41) is 3.93. The van der Waals surface area contributed by atoms with Crippen LogP contribution in [0.25, 0.3) is 11.0 Å². The molecule has 1 N–H and O–H groups in total. The Hall–Kier alpha value is -2.95. The number of hydrogen-bond donors (Lipinski definition) is 1. The van der Waals surface area contributed by atoms with Crippen molar-refractivity contribution in [2.75, 3.05) is 18.5 Å². The number of fused-ring (bicyclic) bond motifs is 2. The summed E-state index contributed by atoms with van der Waals surface area (Å²) in [5.41, 5.74) is 4.88. The summed E-state index contributed by atoms with van der Waals surface area (Å²) in [6.07, 6.45) is 1.93. The van der Waals surface area contributed by atoms with Crippen molar-refractivity contribution in [2.24, 2.45) is 0 Å². The van der Waals surface area contributed by atoms with Crippen LogP contribution in [-0.4, -0.2) is 19.1 Å². The Kier molecular flexibility index (Phi) is 4.52. The summed E-state index contributed by atoms with van der Waals surface area (Å²) < 4.78 is 16.7. The van der Waals surface area contributed by atoms with Gasteiger partial charge in [-0.05, 0) is 48.2 Å². The molecular weight excluding hydrogens is 342 g/mol. The first-order chi connectivity index (χ1) is 13.0. The summed E-state index contributed by atoms with van der Waals surface area (Å²) in [6, 6.07) is 9.62. The lowest BCUT2D eigenvalue weighted by molar-refractivity contribution is -0.115. The third-order valence-electron chi connectivity index (χ3n) is 4.84. The monoisotopic (exact) mass is 365 g/mol. The Morgan fingerprint density at radius 1 is 1.11 bits per heavy atom. The van der Waals surface area contributed by atoms with Crippen molar-refractivity contribution in [3.8, 4) is 11.5 Å². The second-order valence-electron chi connectivity index (χ2n) is 7.20. The van der Waals surface area contributed by atoms with E-state index in [1.807, 2.05) is 18.2 Å². The molecule has 5 heteroatoms. The predicted molar refractivity (Wildman–Crippen MR) is 105 cm³/mol. The second kappa shape index (κ2) is 6.99. The van der Waals surface area contributed by atoms with Gasteiger partial charge in [-0.15, -0.1) is 0 Å². The van der Waals surface area contributed by atoms with E-state index in [9.17, 15) is 4.79 Å². The van der Waals surface area contributed by atoms with Gasteiger partial charge in [-0.3, -0.25) is 4.79 Å². The van der Waals surface area contributed by atoms with Crippen LogP contribution in [0.15, 0.2) is 41.0 Å². The average Bonchev–Trinajstić information content (AvgIpc) is 3.02. The molecule has 0 saturated carbocycles. The Bertz CT molecular complexity index is 1000. The fourth-order valence-corrected chi connectivity index (χ4v) is 3.50. The van der Waals surface area contributed by atoms with Crippen LogP contribution in [0.2, 0.25) is 0 Å². The van der Waals surface area contributed by atoms with Crippen molar-refractivity contribution >= 4 is 22.6 Å². The molecule has 0 fully saturated rings. The predicted octanol–water partition coefficient (Wildman–Crippen LogP) is 4.82. The van der Waals surface area contributed by atoms with Crippen LogP contribution in [-0.2, 0) is 11.2 Å². The number of benzene rings is 2. The minimum atomic E-state index is -0.0963. The van der Waals surface area contributed by atoms with Gasteiger partial charge in [-0.2, -0.15) is 0 Å². The number of aryl methyl sites for hydroxylation is 1. The van der Waals surface area contributed by atoms with Crippen LogP contribution >= 0.6 is 0 Å². The maximum Gasteiger partial charge on any atom is 0.228 e. The van der Waals surface area contributed by atoms with E-state index in [0.29, 0.717) is 36.3 Å². The Morgan fingerprint density at radius 2 is 1.89 bits per heavy atom. The van der Waals surface area contributed by atoms with Gasteiger partial charge in [-0.1, -0.05) is 13.8 Å². The molecule has 1 aliphatic heterocycles. The van der Waals surface area contributed by atoms with E-state index in [4.69, 9.17) is 13.9 Å². The third-order valence-corrected chi connectivity index (χ3v) is 4.84. The van der Waals surface area contributed by atoms with Gasteiger partial charge in [0.25, 0.3) is 0 Å². The molecule has 27 heavy (non-hydrogen) atoms. The first-order valence-corrected chi connectivity index (χ1v) is 9.21. The van der Waals surface area contributed by atoms with Gasteiger partial charge in [0.1, 0.15) is 18.8 Å². The van der Waals surface area contributed by atoms with Crippen LogP contribution in [0, 0.1) is 6.92 Å². The topological polar surface area (TPSA) is 60.7 Å². The molecule has 1 aromatic heterocycles. The Morgan fingerprint density at radius 3 is 2.67 bits per heavy atom. The van der Waals surface area contributed by atoms with Crippen LogP contribution in [0.4, 0.5) is 5.69 Å². The molecule has 140 valence electrons. The van der Waals surface area contributed by atoms with E-state index in [0.717, 1.165) is 16.5 Å². The van der Waals surface area contributed by atoms with Crippen molar-refractivity contribution in [3.63, 3.8) is 0 Å². The second-order valence-corrected chi connectivity index (χ2v) is 7.20. The lowest BCUT2D eigenvalue weighted by Crippen LogP contribution is -2.17. The smallest absolute Gasteiger partial charge is 0.228 e. The maximum absolute atomic E-state index is 12.6.